The van der Waals surface area contributed by atoms with Crippen LogP contribution in [0.2, 0.25) is 0 Å². The van der Waals surface area contributed by atoms with Crippen molar-refractivity contribution in [2.45, 2.75) is 11.8 Å². The Labute approximate surface area is 196 Å². The zero-order valence-electron chi connectivity index (χ0n) is 18.0. The number of amides is 1. The van der Waals surface area contributed by atoms with E-state index in [1.54, 1.807) is 0 Å². The van der Waals surface area contributed by atoms with E-state index in [0.29, 0.717) is 5.56 Å². The first-order valence-corrected chi connectivity index (χ1v) is 13.7. The van der Waals surface area contributed by atoms with Crippen molar-refractivity contribution in [1.29, 1.82) is 0 Å². The fraction of sp³-hybridized carbons (Fsp3) is 0.286. The molecule has 1 unspecified atom stereocenters. The number of sulfonamides is 1. The maximum absolute atomic E-state index is 13.1. The van der Waals surface area contributed by atoms with Gasteiger partial charge in [-0.1, -0.05) is 12.1 Å². The molecular formula is C21H21FN4O6S2-2. The second kappa shape index (κ2) is 9.07. The van der Waals surface area contributed by atoms with Gasteiger partial charge >= 0.3 is 0 Å². The van der Waals surface area contributed by atoms with Crippen LogP contribution in [0.3, 0.4) is 0 Å². The monoisotopic (exact) mass is 508 g/mol. The van der Waals surface area contributed by atoms with Gasteiger partial charge in [0.25, 0.3) is 5.91 Å². The van der Waals surface area contributed by atoms with E-state index in [1.807, 2.05) is 0 Å². The molecule has 13 heteroatoms. The second-order valence-corrected chi connectivity index (χ2v) is 12.2. The average molecular weight is 509 g/mol. The quantitative estimate of drug-likeness (QED) is 0.528. The molecule has 34 heavy (non-hydrogen) atoms. The SMILES string of the molecule is CS(=O)(=O)N1CCS([O-])([O-])C(c2nc(C(=O)NCc3ccc(F)cc3)c(O)c3ncccc23)C1. The molecule has 2 N–H and O–H groups in total. The predicted molar refractivity (Wildman–Crippen MR) is 122 cm³/mol. The highest BCUT2D eigenvalue weighted by Crippen LogP contribution is 2.56. The van der Waals surface area contributed by atoms with Crippen LogP contribution in [-0.4, -0.2) is 67.9 Å². The highest BCUT2D eigenvalue weighted by atomic mass is 32.3. The normalized spacial score (nSPS) is 19.6. The lowest BCUT2D eigenvalue weighted by Crippen LogP contribution is -2.43. The van der Waals surface area contributed by atoms with Crippen LogP contribution >= 0.6 is 10.6 Å². The molecule has 0 aliphatic carbocycles. The van der Waals surface area contributed by atoms with Gasteiger partial charge in [0.1, 0.15) is 11.3 Å². The lowest BCUT2D eigenvalue weighted by atomic mass is 10.1. The van der Waals surface area contributed by atoms with E-state index in [2.05, 4.69) is 15.3 Å². The molecule has 1 aliphatic rings. The van der Waals surface area contributed by atoms with Crippen LogP contribution in [0.15, 0.2) is 42.6 Å². The Morgan fingerprint density at radius 1 is 1.29 bits per heavy atom. The van der Waals surface area contributed by atoms with E-state index in [4.69, 9.17) is 0 Å². The summed E-state index contributed by atoms with van der Waals surface area (Å²) in [7, 11) is -7.50. The molecule has 1 aliphatic heterocycles. The summed E-state index contributed by atoms with van der Waals surface area (Å²) in [4.78, 5) is 21.2. The number of nitrogens with zero attached hydrogens (tertiary/aromatic N) is 3. The molecule has 0 saturated carbocycles. The number of benzene rings is 1. The molecule has 10 nitrogen and oxygen atoms in total. The zero-order chi connectivity index (χ0) is 24.7. The molecule has 1 aromatic carbocycles. The minimum atomic E-state index is -3.82. The summed E-state index contributed by atoms with van der Waals surface area (Å²) < 4.78 is 64.2. The molecule has 1 amide bonds. The number of fused-ring (bicyclic) bond motifs is 1. The molecule has 3 heterocycles. The number of sulfone groups is 1. The number of hydrogen-bond acceptors (Lipinski definition) is 8. The summed E-state index contributed by atoms with van der Waals surface area (Å²) in [6.45, 7) is -0.560. The van der Waals surface area contributed by atoms with E-state index in [9.17, 15) is 31.8 Å². The largest absolute Gasteiger partial charge is 0.799 e. The van der Waals surface area contributed by atoms with Gasteiger partial charge < -0.3 is 30.1 Å². The Bertz CT molecular complexity index is 1350. The van der Waals surface area contributed by atoms with Crippen LogP contribution in [0.1, 0.15) is 27.0 Å². The number of pyridine rings is 2. The minimum absolute atomic E-state index is 0.000590. The van der Waals surface area contributed by atoms with Gasteiger partial charge in [-0.3, -0.25) is 9.78 Å². The van der Waals surface area contributed by atoms with Crippen LogP contribution in [0.4, 0.5) is 4.39 Å². The number of aromatic nitrogens is 2. The average Bonchev–Trinajstić information content (AvgIpc) is 2.78. The second-order valence-electron chi connectivity index (χ2n) is 7.88. The Morgan fingerprint density at radius 2 is 2.00 bits per heavy atom. The molecule has 2 aromatic heterocycles. The molecule has 1 fully saturated rings. The van der Waals surface area contributed by atoms with E-state index < -0.39 is 54.8 Å². The Kier molecular flexibility index (Phi) is 6.48. The van der Waals surface area contributed by atoms with Gasteiger partial charge in [0.15, 0.2) is 11.4 Å². The smallest absolute Gasteiger partial charge is 0.274 e. The molecule has 4 rings (SSSR count). The number of hydrogen-bond donors (Lipinski definition) is 2. The highest BCUT2D eigenvalue weighted by Gasteiger charge is 2.33. The summed E-state index contributed by atoms with van der Waals surface area (Å²) in [5.41, 5.74) is 0.0364. The lowest BCUT2D eigenvalue weighted by molar-refractivity contribution is 0.0942. The Balaban J connectivity index is 1.75. The summed E-state index contributed by atoms with van der Waals surface area (Å²) in [6.07, 6.45) is 2.35. The van der Waals surface area contributed by atoms with Gasteiger partial charge in [0, 0.05) is 36.5 Å². The number of halogens is 1. The van der Waals surface area contributed by atoms with Crippen molar-refractivity contribution in [3.05, 3.63) is 65.4 Å². The number of carbonyl (C=O) groups excluding carboxylic acids is 1. The first kappa shape index (κ1) is 24.3. The van der Waals surface area contributed by atoms with Gasteiger partial charge in [0.05, 0.1) is 11.9 Å². The van der Waals surface area contributed by atoms with Crippen molar-refractivity contribution in [2.24, 2.45) is 0 Å². The molecular weight excluding hydrogens is 487 g/mol. The maximum atomic E-state index is 13.1. The van der Waals surface area contributed by atoms with Crippen LogP contribution < -0.4 is 5.32 Å². The van der Waals surface area contributed by atoms with E-state index >= 15 is 0 Å². The fourth-order valence-electron chi connectivity index (χ4n) is 3.74. The third-order valence-corrected chi connectivity index (χ3v) is 8.81. The Hall–Kier alpha value is -2.84. The van der Waals surface area contributed by atoms with Crippen molar-refractivity contribution >= 4 is 37.4 Å². The highest BCUT2D eigenvalue weighted by molar-refractivity contribution is 8.24. The van der Waals surface area contributed by atoms with Gasteiger partial charge in [-0.05, 0) is 35.6 Å². The molecule has 1 atom stereocenters. The van der Waals surface area contributed by atoms with E-state index in [-0.39, 0.29) is 36.2 Å². The molecule has 0 bridgehead atoms. The summed E-state index contributed by atoms with van der Waals surface area (Å²) in [5.74, 6) is -2.19. The van der Waals surface area contributed by atoms with Crippen LogP contribution in [-0.2, 0) is 16.6 Å². The van der Waals surface area contributed by atoms with Gasteiger partial charge in [-0.2, -0.15) is 4.31 Å². The van der Waals surface area contributed by atoms with Crippen molar-refractivity contribution in [1.82, 2.24) is 19.6 Å². The predicted octanol–water partition coefficient (Wildman–Crippen LogP) is 1.79. The fourth-order valence-corrected chi connectivity index (χ4v) is 6.48. The molecule has 1 saturated heterocycles. The van der Waals surface area contributed by atoms with E-state index in [1.165, 1.54) is 42.6 Å². The van der Waals surface area contributed by atoms with Crippen molar-refractivity contribution in [3.63, 3.8) is 0 Å². The molecule has 0 radical (unpaired) electrons. The number of aromatic hydroxyl groups is 1. The van der Waals surface area contributed by atoms with Gasteiger partial charge in [-0.25, -0.2) is 17.8 Å². The minimum Gasteiger partial charge on any atom is -0.799 e. The van der Waals surface area contributed by atoms with Crippen LogP contribution in [0, 0.1) is 5.82 Å². The van der Waals surface area contributed by atoms with Crippen molar-refractivity contribution in [3.8, 4) is 5.75 Å². The summed E-state index contributed by atoms with van der Waals surface area (Å²) in [5, 5.41) is 12.1. The first-order chi connectivity index (χ1) is 16.0. The van der Waals surface area contributed by atoms with Crippen molar-refractivity contribution in [2.75, 3.05) is 25.1 Å². The van der Waals surface area contributed by atoms with Crippen LogP contribution in [0.25, 0.3) is 10.9 Å². The molecule has 0 spiro atoms. The number of nitrogens with one attached hydrogen (secondary N) is 1. The van der Waals surface area contributed by atoms with Gasteiger partial charge in [-0.15, -0.1) is 0 Å². The summed E-state index contributed by atoms with van der Waals surface area (Å²) >= 11 is 0. The lowest BCUT2D eigenvalue weighted by Gasteiger charge is -2.68. The molecule has 182 valence electrons. The van der Waals surface area contributed by atoms with E-state index in [0.717, 1.165) is 10.6 Å². The Morgan fingerprint density at radius 3 is 2.68 bits per heavy atom. The third-order valence-electron chi connectivity index (χ3n) is 5.55. The van der Waals surface area contributed by atoms with Crippen molar-refractivity contribution < 1.29 is 31.8 Å². The molecule has 3 aromatic rings. The number of carbonyl (C=O) groups is 1. The number of rotatable bonds is 5. The third kappa shape index (κ3) is 4.83. The van der Waals surface area contributed by atoms with Gasteiger partial charge in [0.2, 0.25) is 10.0 Å². The standard InChI is InChI=1S/C21H23FN4O6S2/c1-33(29,30)26-9-10-34(31,32)16(12-26)17-15-3-2-8-23-18(15)20(27)19(25-17)21(28)24-11-13-4-6-14(22)7-5-13/h2-8,16,27,31-32H,9-12H2,1H3,(H,24,28)/p-2. The first-order valence-electron chi connectivity index (χ1n) is 10.1. The maximum Gasteiger partial charge on any atom is 0.274 e. The van der Waals surface area contributed by atoms with Crippen LogP contribution in [0.5, 0.6) is 5.75 Å². The summed E-state index contributed by atoms with van der Waals surface area (Å²) in [6, 6.07) is 8.44. The zero-order valence-corrected chi connectivity index (χ0v) is 19.6. The topological polar surface area (TPSA) is 159 Å².